The number of benzene rings is 2. The number of aromatic nitrogens is 3. The molecule has 0 saturated carbocycles. The highest BCUT2D eigenvalue weighted by Gasteiger charge is 2.18. The van der Waals surface area contributed by atoms with Gasteiger partial charge in [0.1, 0.15) is 6.67 Å². The minimum absolute atomic E-state index is 0.162. The Morgan fingerprint density at radius 3 is 2.59 bits per heavy atom. The average molecular weight is 364 g/mol. The molecule has 2 heterocycles. The number of nitrogens with one attached hydrogen (secondary N) is 1. The van der Waals surface area contributed by atoms with Gasteiger partial charge < -0.3 is 9.73 Å². The van der Waals surface area contributed by atoms with Crippen molar-refractivity contribution in [3.8, 4) is 0 Å². The molecule has 2 aromatic carbocycles. The number of carbonyl (C=O) groups is 1. The number of anilines is 1. The van der Waals surface area contributed by atoms with E-state index in [-0.39, 0.29) is 5.76 Å². The Kier molecular flexibility index (Phi) is 4.42. The first-order valence-electron chi connectivity index (χ1n) is 8.46. The number of carbonyl (C=O) groups excluding carboxylic acids is 1. The maximum Gasteiger partial charge on any atom is 0.294 e. The van der Waals surface area contributed by atoms with E-state index in [1.165, 1.54) is 6.39 Å². The van der Waals surface area contributed by atoms with Crippen molar-refractivity contribution in [1.29, 1.82) is 0 Å². The Morgan fingerprint density at radius 1 is 1.15 bits per heavy atom. The van der Waals surface area contributed by atoms with Gasteiger partial charge in [0.2, 0.25) is 5.76 Å². The Bertz CT molecular complexity index is 1100. The fourth-order valence-electron chi connectivity index (χ4n) is 2.93. The van der Waals surface area contributed by atoms with Gasteiger partial charge in [0.25, 0.3) is 5.91 Å². The van der Waals surface area contributed by atoms with E-state index in [9.17, 15) is 9.18 Å². The topological polar surface area (TPSA) is 73.0 Å². The normalized spacial score (nSPS) is 11.0. The lowest BCUT2D eigenvalue weighted by atomic mass is 10.1. The zero-order valence-corrected chi connectivity index (χ0v) is 14.6. The molecule has 0 unspecified atom stereocenters. The molecule has 0 aliphatic carbocycles. The fourth-order valence-corrected chi connectivity index (χ4v) is 2.93. The van der Waals surface area contributed by atoms with Crippen molar-refractivity contribution >= 4 is 22.6 Å². The van der Waals surface area contributed by atoms with Crippen molar-refractivity contribution < 1.29 is 13.6 Å². The molecular weight excluding hydrogens is 347 g/mol. The van der Waals surface area contributed by atoms with Crippen LogP contribution in [0, 0.1) is 6.92 Å². The molecule has 1 amide bonds. The van der Waals surface area contributed by atoms with E-state index in [0.717, 1.165) is 16.5 Å². The van der Waals surface area contributed by atoms with Crippen LogP contribution in [0.3, 0.4) is 0 Å². The summed E-state index contributed by atoms with van der Waals surface area (Å²) in [6, 6.07) is 14.9. The number of hydrogen-bond donors (Lipinski definition) is 1. The van der Waals surface area contributed by atoms with E-state index in [0.29, 0.717) is 23.6 Å². The van der Waals surface area contributed by atoms with Gasteiger partial charge in [-0.2, -0.15) is 5.10 Å². The van der Waals surface area contributed by atoms with Crippen molar-refractivity contribution in [2.45, 2.75) is 20.1 Å². The summed E-state index contributed by atoms with van der Waals surface area (Å²) in [5.74, 6) is 0.218. The van der Waals surface area contributed by atoms with Crippen LogP contribution in [0.1, 0.15) is 27.4 Å². The molecule has 1 N–H and O–H groups in total. The largest absolute Gasteiger partial charge is 0.438 e. The SMILES string of the molecule is Cc1ncoc1C(=O)Nc1nn(Cc2ccc(CF)cc2)c2ccccc12. The summed E-state index contributed by atoms with van der Waals surface area (Å²) in [7, 11) is 0. The Labute approximate surface area is 154 Å². The van der Waals surface area contributed by atoms with Crippen LogP contribution in [0.4, 0.5) is 10.2 Å². The van der Waals surface area contributed by atoms with Gasteiger partial charge in [0.15, 0.2) is 12.2 Å². The quantitative estimate of drug-likeness (QED) is 0.579. The monoisotopic (exact) mass is 364 g/mol. The zero-order valence-electron chi connectivity index (χ0n) is 14.6. The smallest absolute Gasteiger partial charge is 0.294 e. The molecule has 0 fully saturated rings. The lowest BCUT2D eigenvalue weighted by Gasteiger charge is -2.04. The summed E-state index contributed by atoms with van der Waals surface area (Å²) in [4.78, 5) is 16.4. The molecule has 0 bridgehead atoms. The number of aryl methyl sites for hydroxylation is 1. The van der Waals surface area contributed by atoms with Gasteiger partial charge in [0.05, 0.1) is 17.8 Å². The summed E-state index contributed by atoms with van der Waals surface area (Å²) in [6.07, 6.45) is 1.24. The van der Waals surface area contributed by atoms with Gasteiger partial charge in [-0.15, -0.1) is 0 Å². The van der Waals surface area contributed by atoms with Gasteiger partial charge in [-0.05, 0) is 30.2 Å². The van der Waals surface area contributed by atoms with Crippen LogP contribution in [0.5, 0.6) is 0 Å². The van der Waals surface area contributed by atoms with E-state index in [1.54, 1.807) is 19.1 Å². The third-order valence-corrected chi connectivity index (χ3v) is 4.35. The summed E-state index contributed by atoms with van der Waals surface area (Å²) in [6.45, 7) is 1.72. The maximum absolute atomic E-state index is 12.7. The number of para-hydroxylation sites is 1. The molecule has 0 radical (unpaired) electrons. The van der Waals surface area contributed by atoms with Gasteiger partial charge >= 0.3 is 0 Å². The third-order valence-electron chi connectivity index (χ3n) is 4.35. The summed E-state index contributed by atoms with van der Waals surface area (Å²) in [5, 5.41) is 8.18. The van der Waals surface area contributed by atoms with Crippen LogP contribution in [0.2, 0.25) is 0 Å². The highest BCUT2D eigenvalue weighted by Crippen LogP contribution is 2.24. The molecule has 27 heavy (non-hydrogen) atoms. The average Bonchev–Trinajstić information content (AvgIpc) is 3.27. The second-order valence-electron chi connectivity index (χ2n) is 6.19. The number of fused-ring (bicyclic) bond motifs is 1. The first-order chi connectivity index (χ1) is 13.2. The van der Waals surface area contributed by atoms with Gasteiger partial charge in [-0.1, -0.05) is 36.4 Å². The van der Waals surface area contributed by atoms with Crippen molar-refractivity contribution in [1.82, 2.24) is 14.8 Å². The zero-order chi connectivity index (χ0) is 18.8. The van der Waals surface area contributed by atoms with Crippen LogP contribution >= 0.6 is 0 Å². The molecule has 0 spiro atoms. The maximum atomic E-state index is 12.7. The molecule has 7 heteroatoms. The van der Waals surface area contributed by atoms with E-state index in [4.69, 9.17) is 4.42 Å². The minimum Gasteiger partial charge on any atom is -0.438 e. The number of nitrogens with zero attached hydrogens (tertiary/aromatic N) is 3. The van der Waals surface area contributed by atoms with E-state index in [2.05, 4.69) is 15.4 Å². The molecule has 0 aliphatic rings. The number of amides is 1. The van der Waals surface area contributed by atoms with Crippen molar-refractivity contribution in [3.05, 3.63) is 77.5 Å². The second-order valence-corrected chi connectivity index (χ2v) is 6.19. The molecule has 2 aromatic heterocycles. The van der Waals surface area contributed by atoms with Crippen molar-refractivity contribution in [2.24, 2.45) is 0 Å². The number of oxazole rings is 1. The Balaban J connectivity index is 1.66. The lowest BCUT2D eigenvalue weighted by Crippen LogP contribution is -2.13. The predicted octanol–water partition coefficient (Wildman–Crippen LogP) is 4.10. The highest BCUT2D eigenvalue weighted by atomic mass is 19.1. The molecular formula is C20H17FN4O2. The number of rotatable bonds is 5. The number of halogens is 1. The summed E-state index contributed by atoms with van der Waals surface area (Å²) < 4.78 is 19.6. The predicted molar refractivity (Wildman–Crippen MR) is 99.3 cm³/mol. The molecule has 6 nitrogen and oxygen atoms in total. The first kappa shape index (κ1) is 17.0. The Morgan fingerprint density at radius 2 is 1.89 bits per heavy atom. The van der Waals surface area contributed by atoms with Crippen LogP contribution in [-0.2, 0) is 13.2 Å². The molecule has 4 aromatic rings. The first-order valence-corrected chi connectivity index (χ1v) is 8.46. The molecule has 136 valence electrons. The number of hydrogen-bond acceptors (Lipinski definition) is 4. The second kappa shape index (κ2) is 7.03. The highest BCUT2D eigenvalue weighted by molar-refractivity contribution is 6.06. The van der Waals surface area contributed by atoms with Crippen LogP contribution in [-0.4, -0.2) is 20.7 Å². The standard InChI is InChI=1S/C20H17FN4O2/c1-13-18(27-12-22-13)20(26)23-19-16-4-2-3-5-17(16)25(24-19)11-15-8-6-14(10-21)7-9-15/h2-9,12H,10-11H2,1H3,(H,23,24,26). The van der Waals surface area contributed by atoms with E-state index >= 15 is 0 Å². The van der Waals surface area contributed by atoms with Crippen LogP contribution in [0.25, 0.3) is 10.9 Å². The third kappa shape index (κ3) is 3.31. The van der Waals surface area contributed by atoms with E-state index in [1.807, 2.05) is 41.1 Å². The van der Waals surface area contributed by atoms with E-state index < -0.39 is 12.6 Å². The Hall–Kier alpha value is -3.48. The molecule has 0 atom stereocenters. The van der Waals surface area contributed by atoms with Crippen molar-refractivity contribution in [3.63, 3.8) is 0 Å². The van der Waals surface area contributed by atoms with Crippen LogP contribution < -0.4 is 5.32 Å². The molecule has 0 aliphatic heterocycles. The van der Waals surface area contributed by atoms with Gasteiger partial charge in [-0.25, -0.2) is 9.37 Å². The van der Waals surface area contributed by atoms with Gasteiger partial charge in [-0.3, -0.25) is 9.48 Å². The molecule has 4 rings (SSSR count). The summed E-state index contributed by atoms with van der Waals surface area (Å²) in [5.41, 5.74) is 3.03. The number of alkyl halides is 1. The van der Waals surface area contributed by atoms with Crippen molar-refractivity contribution in [2.75, 3.05) is 5.32 Å². The fraction of sp³-hybridized carbons (Fsp3) is 0.150. The minimum atomic E-state index is -0.484. The molecule has 0 saturated heterocycles. The summed E-state index contributed by atoms with van der Waals surface area (Å²) >= 11 is 0. The lowest BCUT2D eigenvalue weighted by molar-refractivity contribution is 0.0995. The van der Waals surface area contributed by atoms with Crippen LogP contribution in [0.15, 0.2) is 59.3 Å². The van der Waals surface area contributed by atoms with Gasteiger partial charge in [0, 0.05) is 5.39 Å².